The highest BCUT2D eigenvalue weighted by molar-refractivity contribution is 6.31. The molecule has 0 atom stereocenters. The smallest absolute Gasteiger partial charge is 0.255 e. The molecule has 120 valence electrons. The van der Waals surface area contributed by atoms with Crippen LogP contribution in [0.2, 0.25) is 10.2 Å². The van der Waals surface area contributed by atoms with E-state index in [4.69, 9.17) is 23.2 Å². The number of hydrogen-bond donors (Lipinski definition) is 2. The van der Waals surface area contributed by atoms with E-state index in [2.05, 4.69) is 20.5 Å². The van der Waals surface area contributed by atoms with Crippen LogP contribution in [0.25, 0.3) is 0 Å². The Balaban J connectivity index is 1.85. The second-order valence-electron chi connectivity index (χ2n) is 5.22. The number of amides is 1. The van der Waals surface area contributed by atoms with Crippen molar-refractivity contribution in [3.8, 4) is 0 Å². The number of rotatable bonds is 3. The number of carbonyl (C=O) groups is 1. The Kier molecular flexibility index (Phi) is 5.00. The minimum Gasteiger partial charge on any atom is -0.367 e. The van der Waals surface area contributed by atoms with Crippen LogP contribution in [0, 0.1) is 0 Å². The molecule has 1 aromatic carbocycles. The summed E-state index contributed by atoms with van der Waals surface area (Å²) in [7, 11) is 0. The summed E-state index contributed by atoms with van der Waals surface area (Å²) >= 11 is 12.0. The standard InChI is InChI=1S/C16H16Cl2N4O/c17-12-1-2-13(14(10-12)22-7-5-19-6-8-22)21-16(23)11-3-4-20-15(18)9-11/h1-4,9-10,19H,5-8H2,(H,21,23). The van der Waals surface area contributed by atoms with E-state index in [-0.39, 0.29) is 11.1 Å². The van der Waals surface area contributed by atoms with Gasteiger partial charge in [0.05, 0.1) is 11.4 Å². The van der Waals surface area contributed by atoms with Crippen LogP contribution in [0.1, 0.15) is 10.4 Å². The molecule has 1 amide bonds. The van der Waals surface area contributed by atoms with Crippen LogP contribution in [0.15, 0.2) is 36.5 Å². The number of benzene rings is 1. The second kappa shape index (κ2) is 7.17. The van der Waals surface area contributed by atoms with Crippen LogP contribution in [0.4, 0.5) is 11.4 Å². The largest absolute Gasteiger partial charge is 0.367 e. The van der Waals surface area contributed by atoms with Gasteiger partial charge in [-0.1, -0.05) is 23.2 Å². The number of anilines is 2. The van der Waals surface area contributed by atoms with Crippen LogP contribution < -0.4 is 15.5 Å². The number of aromatic nitrogens is 1. The zero-order valence-corrected chi connectivity index (χ0v) is 13.9. The monoisotopic (exact) mass is 350 g/mol. The predicted molar refractivity (Wildman–Crippen MR) is 93.7 cm³/mol. The number of piperazine rings is 1. The van der Waals surface area contributed by atoms with Crippen LogP contribution in [-0.4, -0.2) is 37.1 Å². The summed E-state index contributed by atoms with van der Waals surface area (Å²) in [6, 6.07) is 8.63. The van der Waals surface area contributed by atoms with Gasteiger partial charge in [0, 0.05) is 43.0 Å². The molecule has 5 nitrogen and oxygen atoms in total. The molecule has 7 heteroatoms. The predicted octanol–water partition coefficient (Wildman–Crippen LogP) is 3.05. The SMILES string of the molecule is O=C(Nc1ccc(Cl)cc1N1CCNCC1)c1ccnc(Cl)c1. The molecule has 1 saturated heterocycles. The third-order valence-corrected chi connectivity index (χ3v) is 4.10. The molecule has 3 rings (SSSR count). The number of carbonyl (C=O) groups excluding carboxylic acids is 1. The molecule has 2 aromatic rings. The number of hydrogen-bond acceptors (Lipinski definition) is 4. The minimum atomic E-state index is -0.229. The van der Waals surface area contributed by atoms with Crippen molar-refractivity contribution in [3.05, 3.63) is 52.3 Å². The number of pyridine rings is 1. The fraction of sp³-hybridized carbons (Fsp3) is 0.250. The van der Waals surface area contributed by atoms with E-state index in [1.807, 2.05) is 12.1 Å². The topological polar surface area (TPSA) is 57.3 Å². The van der Waals surface area contributed by atoms with Gasteiger partial charge in [-0.15, -0.1) is 0 Å². The molecule has 23 heavy (non-hydrogen) atoms. The summed E-state index contributed by atoms with van der Waals surface area (Å²) in [6.07, 6.45) is 1.51. The van der Waals surface area contributed by atoms with Gasteiger partial charge in [0.15, 0.2) is 0 Å². The molecule has 2 N–H and O–H groups in total. The number of nitrogens with zero attached hydrogens (tertiary/aromatic N) is 2. The third-order valence-electron chi connectivity index (χ3n) is 3.65. The van der Waals surface area contributed by atoms with Gasteiger partial charge in [0.2, 0.25) is 0 Å². The van der Waals surface area contributed by atoms with Gasteiger partial charge in [-0.05, 0) is 30.3 Å². The van der Waals surface area contributed by atoms with Gasteiger partial charge in [-0.3, -0.25) is 4.79 Å². The second-order valence-corrected chi connectivity index (χ2v) is 6.04. The Morgan fingerprint density at radius 2 is 1.96 bits per heavy atom. The van der Waals surface area contributed by atoms with E-state index in [9.17, 15) is 4.79 Å². The van der Waals surface area contributed by atoms with Crippen molar-refractivity contribution >= 4 is 40.5 Å². The summed E-state index contributed by atoms with van der Waals surface area (Å²) in [4.78, 5) is 18.5. The highest BCUT2D eigenvalue weighted by atomic mass is 35.5. The molecule has 1 aliphatic heterocycles. The third kappa shape index (κ3) is 3.93. The zero-order valence-electron chi connectivity index (χ0n) is 12.4. The molecule has 0 aliphatic carbocycles. The highest BCUT2D eigenvalue weighted by Gasteiger charge is 2.17. The maximum absolute atomic E-state index is 12.4. The summed E-state index contributed by atoms with van der Waals surface area (Å²) in [6.45, 7) is 3.54. The maximum atomic E-state index is 12.4. The van der Waals surface area contributed by atoms with E-state index < -0.39 is 0 Å². The van der Waals surface area contributed by atoms with E-state index in [0.717, 1.165) is 37.6 Å². The van der Waals surface area contributed by atoms with Crippen LogP contribution in [0.3, 0.4) is 0 Å². The van der Waals surface area contributed by atoms with Crippen molar-refractivity contribution < 1.29 is 4.79 Å². The molecule has 0 bridgehead atoms. The lowest BCUT2D eigenvalue weighted by Crippen LogP contribution is -2.43. The van der Waals surface area contributed by atoms with Gasteiger partial charge in [-0.25, -0.2) is 4.98 Å². The first-order valence-corrected chi connectivity index (χ1v) is 8.07. The Morgan fingerprint density at radius 1 is 1.17 bits per heavy atom. The van der Waals surface area contributed by atoms with E-state index >= 15 is 0 Å². The normalized spacial score (nSPS) is 14.6. The average molecular weight is 351 g/mol. The Labute approximate surface area is 144 Å². The van der Waals surface area contributed by atoms with Gasteiger partial charge in [-0.2, -0.15) is 0 Å². The fourth-order valence-electron chi connectivity index (χ4n) is 2.52. The van der Waals surface area contributed by atoms with Crippen molar-refractivity contribution in [2.75, 3.05) is 36.4 Å². The van der Waals surface area contributed by atoms with Gasteiger partial charge in [0.1, 0.15) is 5.15 Å². The number of halogens is 2. The summed E-state index contributed by atoms with van der Waals surface area (Å²) < 4.78 is 0. The summed E-state index contributed by atoms with van der Waals surface area (Å²) in [5.41, 5.74) is 2.12. The fourth-order valence-corrected chi connectivity index (χ4v) is 2.86. The van der Waals surface area contributed by atoms with Crippen molar-refractivity contribution in [3.63, 3.8) is 0 Å². The molecular formula is C16H16Cl2N4O. The van der Waals surface area contributed by atoms with Crippen LogP contribution in [0.5, 0.6) is 0 Å². The lowest BCUT2D eigenvalue weighted by atomic mass is 10.2. The molecule has 1 aromatic heterocycles. The lowest BCUT2D eigenvalue weighted by Gasteiger charge is -2.31. The van der Waals surface area contributed by atoms with Gasteiger partial charge in [0.25, 0.3) is 5.91 Å². The average Bonchev–Trinajstić information content (AvgIpc) is 2.57. The maximum Gasteiger partial charge on any atom is 0.255 e. The van der Waals surface area contributed by atoms with E-state index in [1.54, 1.807) is 12.1 Å². The van der Waals surface area contributed by atoms with E-state index in [0.29, 0.717) is 10.6 Å². The van der Waals surface area contributed by atoms with Crippen molar-refractivity contribution in [1.29, 1.82) is 0 Å². The quantitative estimate of drug-likeness (QED) is 0.835. The summed E-state index contributed by atoms with van der Waals surface area (Å²) in [5, 5.41) is 7.17. The Morgan fingerprint density at radius 3 is 2.70 bits per heavy atom. The van der Waals surface area contributed by atoms with Crippen molar-refractivity contribution in [2.24, 2.45) is 0 Å². The first-order chi connectivity index (χ1) is 11.1. The highest BCUT2D eigenvalue weighted by Crippen LogP contribution is 2.30. The minimum absolute atomic E-state index is 0.229. The van der Waals surface area contributed by atoms with Crippen molar-refractivity contribution in [2.45, 2.75) is 0 Å². The zero-order chi connectivity index (χ0) is 16.2. The molecule has 1 aliphatic rings. The summed E-state index contributed by atoms with van der Waals surface area (Å²) in [5.74, 6) is -0.229. The molecular weight excluding hydrogens is 335 g/mol. The van der Waals surface area contributed by atoms with Crippen LogP contribution in [-0.2, 0) is 0 Å². The van der Waals surface area contributed by atoms with Crippen molar-refractivity contribution in [1.82, 2.24) is 10.3 Å². The Bertz CT molecular complexity index is 717. The van der Waals surface area contributed by atoms with E-state index in [1.165, 1.54) is 12.3 Å². The number of nitrogens with one attached hydrogen (secondary N) is 2. The Hall–Kier alpha value is -1.82. The lowest BCUT2D eigenvalue weighted by molar-refractivity contribution is 0.102. The first kappa shape index (κ1) is 16.1. The molecule has 0 radical (unpaired) electrons. The first-order valence-electron chi connectivity index (χ1n) is 7.31. The molecule has 0 saturated carbocycles. The molecule has 0 spiro atoms. The molecule has 0 unspecified atom stereocenters. The van der Waals surface area contributed by atoms with Crippen LogP contribution >= 0.6 is 23.2 Å². The van der Waals surface area contributed by atoms with Gasteiger partial charge >= 0.3 is 0 Å². The molecule has 2 heterocycles. The van der Waals surface area contributed by atoms with Gasteiger partial charge < -0.3 is 15.5 Å². The molecule has 1 fully saturated rings.